The minimum absolute atomic E-state index is 0.110. The van der Waals surface area contributed by atoms with E-state index in [1.165, 1.54) is 6.07 Å². The number of rotatable bonds is 1. The lowest BCUT2D eigenvalue weighted by molar-refractivity contribution is 0.0848. The molecule has 0 spiro atoms. The zero-order valence-corrected chi connectivity index (χ0v) is 7.94. The Hall–Kier alpha value is -1.22. The zero-order valence-electron chi connectivity index (χ0n) is 7.94. The maximum absolute atomic E-state index is 9.64. The molecule has 2 rings (SSSR count). The van der Waals surface area contributed by atoms with Crippen molar-refractivity contribution in [3.05, 3.63) is 23.8 Å². The molecule has 1 fully saturated rings. The van der Waals surface area contributed by atoms with E-state index in [1.807, 2.05) is 0 Å². The Balaban J connectivity index is 2.22. The fraction of sp³-hybridized carbons (Fsp3) is 0.455. The van der Waals surface area contributed by atoms with Crippen LogP contribution in [0.1, 0.15) is 24.3 Å². The van der Waals surface area contributed by atoms with Crippen molar-refractivity contribution in [1.82, 2.24) is 0 Å². The van der Waals surface area contributed by atoms with Crippen molar-refractivity contribution in [2.45, 2.75) is 18.8 Å². The Kier molecular flexibility index (Phi) is 2.59. The number of benzene rings is 1. The van der Waals surface area contributed by atoms with E-state index < -0.39 is 0 Å². The van der Waals surface area contributed by atoms with Gasteiger partial charge in [0.25, 0.3) is 0 Å². The summed E-state index contributed by atoms with van der Waals surface area (Å²) in [5.74, 6) is 0.666. The second kappa shape index (κ2) is 3.88. The summed E-state index contributed by atoms with van der Waals surface area (Å²) in [6, 6.07) is 4.80. The van der Waals surface area contributed by atoms with Crippen LogP contribution in [0, 0.1) is 0 Å². The first-order valence-corrected chi connectivity index (χ1v) is 4.87. The molecule has 0 aromatic heterocycles. The minimum atomic E-state index is 0.110. The predicted octanol–water partition coefficient (Wildman–Crippen LogP) is 1.99. The molecule has 0 atom stereocenters. The molecule has 1 aliphatic heterocycles. The van der Waals surface area contributed by atoms with Crippen LogP contribution < -0.4 is 0 Å². The van der Waals surface area contributed by atoms with Gasteiger partial charge >= 0.3 is 0 Å². The maximum Gasteiger partial charge on any atom is 0.122 e. The van der Waals surface area contributed by atoms with Gasteiger partial charge in [0.1, 0.15) is 11.5 Å². The van der Waals surface area contributed by atoms with Crippen LogP contribution in [-0.4, -0.2) is 23.4 Å². The summed E-state index contributed by atoms with van der Waals surface area (Å²) < 4.78 is 5.25. The van der Waals surface area contributed by atoms with E-state index >= 15 is 0 Å². The summed E-state index contributed by atoms with van der Waals surface area (Å²) in [6.45, 7) is 1.51. The summed E-state index contributed by atoms with van der Waals surface area (Å²) in [5, 5.41) is 18.8. The molecule has 0 bridgehead atoms. The van der Waals surface area contributed by atoms with E-state index in [2.05, 4.69) is 0 Å². The molecule has 3 heteroatoms. The lowest BCUT2D eigenvalue weighted by Crippen LogP contribution is -2.14. The molecular weight excluding hydrogens is 180 g/mol. The highest BCUT2D eigenvalue weighted by Gasteiger charge is 2.18. The molecule has 3 nitrogen and oxygen atoms in total. The molecule has 1 heterocycles. The Labute approximate surface area is 83.0 Å². The van der Waals surface area contributed by atoms with E-state index in [4.69, 9.17) is 9.84 Å². The third-order valence-corrected chi connectivity index (χ3v) is 2.68. The first-order chi connectivity index (χ1) is 6.77. The maximum atomic E-state index is 9.64. The molecule has 0 saturated carbocycles. The van der Waals surface area contributed by atoms with Crippen LogP contribution in [0.25, 0.3) is 0 Å². The average molecular weight is 194 g/mol. The second-order valence-electron chi connectivity index (χ2n) is 3.63. The Morgan fingerprint density at radius 3 is 2.50 bits per heavy atom. The minimum Gasteiger partial charge on any atom is -0.508 e. The van der Waals surface area contributed by atoms with Gasteiger partial charge in [-0.3, -0.25) is 0 Å². The molecule has 1 saturated heterocycles. The van der Waals surface area contributed by atoms with Gasteiger partial charge in [-0.05, 0) is 30.4 Å². The van der Waals surface area contributed by atoms with Crippen LogP contribution in [0.15, 0.2) is 18.2 Å². The van der Waals surface area contributed by atoms with Gasteiger partial charge in [0.05, 0.1) is 0 Å². The highest BCUT2D eigenvalue weighted by atomic mass is 16.5. The molecule has 0 amide bonds. The number of aromatic hydroxyl groups is 2. The van der Waals surface area contributed by atoms with Gasteiger partial charge in [-0.2, -0.15) is 0 Å². The van der Waals surface area contributed by atoms with Gasteiger partial charge in [0, 0.05) is 19.3 Å². The number of phenolic OH excluding ortho intramolecular Hbond substituents is 2. The molecule has 0 aliphatic carbocycles. The Morgan fingerprint density at radius 1 is 1.14 bits per heavy atom. The van der Waals surface area contributed by atoms with Gasteiger partial charge < -0.3 is 14.9 Å². The second-order valence-corrected chi connectivity index (χ2v) is 3.63. The van der Waals surface area contributed by atoms with Crippen molar-refractivity contribution >= 4 is 0 Å². The van der Waals surface area contributed by atoms with Crippen LogP contribution in [0.2, 0.25) is 0 Å². The lowest BCUT2D eigenvalue weighted by atomic mass is 9.91. The monoisotopic (exact) mass is 194 g/mol. The van der Waals surface area contributed by atoms with Crippen molar-refractivity contribution < 1.29 is 14.9 Å². The molecule has 1 aliphatic rings. The average Bonchev–Trinajstić information content (AvgIpc) is 2.19. The molecule has 2 N–H and O–H groups in total. The Bertz CT molecular complexity index is 316. The van der Waals surface area contributed by atoms with Crippen molar-refractivity contribution in [2.24, 2.45) is 0 Å². The third-order valence-electron chi connectivity index (χ3n) is 2.68. The van der Waals surface area contributed by atoms with Crippen molar-refractivity contribution in [3.8, 4) is 11.5 Å². The first kappa shape index (κ1) is 9.34. The van der Waals surface area contributed by atoms with E-state index in [9.17, 15) is 5.11 Å². The summed E-state index contributed by atoms with van der Waals surface area (Å²) in [7, 11) is 0. The molecular formula is C11H14O3. The van der Waals surface area contributed by atoms with Crippen molar-refractivity contribution in [3.63, 3.8) is 0 Å². The predicted molar refractivity (Wildman–Crippen MR) is 52.6 cm³/mol. The largest absolute Gasteiger partial charge is 0.508 e. The lowest BCUT2D eigenvalue weighted by Gasteiger charge is -2.23. The van der Waals surface area contributed by atoms with Gasteiger partial charge in [0.15, 0.2) is 0 Å². The van der Waals surface area contributed by atoms with Crippen LogP contribution >= 0.6 is 0 Å². The van der Waals surface area contributed by atoms with Crippen LogP contribution in [0.5, 0.6) is 11.5 Å². The molecule has 0 radical (unpaired) electrons. The summed E-state index contributed by atoms with van der Waals surface area (Å²) in [5.41, 5.74) is 0.922. The van der Waals surface area contributed by atoms with Crippen molar-refractivity contribution in [1.29, 1.82) is 0 Å². The molecule has 1 aromatic carbocycles. The fourth-order valence-electron chi connectivity index (χ4n) is 1.89. The topological polar surface area (TPSA) is 49.7 Å². The zero-order chi connectivity index (χ0) is 9.97. The van der Waals surface area contributed by atoms with Gasteiger partial charge in [-0.15, -0.1) is 0 Å². The first-order valence-electron chi connectivity index (χ1n) is 4.87. The van der Waals surface area contributed by atoms with Crippen LogP contribution in [-0.2, 0) is 4.74 Å². The number of hydrogen-bond donors (Lipinski definition) is 2. The van der Waals surface area contributed by atoms with Crippen molar-refractivity contribution in [2.75, 3.05) is 13.2 Å². The summed E-state index contributed by atoms with van der Waals surface area (Å²) in [6.07, 6.45) is 1.89. The molecule has 14 heavy (non-hydrogen) atoms. The van der Waals surface area contributed by atoms with Crippen LogP contribution in [0.3, 0.4) is 0 Å². The molecule has 76 valence electrons. The quantitative estimate of drug-likeness (QED) is 0.718. The smallest absolute Gasteiger partial charge is 0.122 e. The fourth-order valence-corrected chi connectivity index (χ4v) is 1.89. The SMILES string of the molecule is Oc1ccc(C2CCOCC2)c(O)c1. The number of phenols is 2. The highest BCUT2D eigenvalue weighted by molar-refractivity contribution is 5.41. The Morgan fingerprint density at radius 2 is 1.86 bits per heavy atom. The molecule has 1 aromatic rings. The van der Waals surface area contributed by atoms with Gasteiger partial charge in [-0.25, -0.2) is 0 Å². The van der Waals surface area contributed by atoms with Gasteiger partial charge in [0.2, 0.25) is 0 Å². The van der Waals surface area contributed by atoms with Crippen LogP contribution in [0.4, 0.5) is 0 Å². The van der Waals surface area contributed by atoms with E-state index in [-0.39, 0.29) is 11.5 Å². The van der Waals surface area contributed by atoms with E-state index in [1.54, 1.807) is 12.1 Å². The summed E-state index contributed by atoms with van der Waals surface area (Å²) >= 11 is 0. The third kappa shape index (κ3) is 1.82. The van der Waals surface area contributed by atoms with Gasteiger partial charge in [-0.1, -0.05) is 6.07 Å². The summed E-state index contributed by atoms with van der Waals surface area (Å²) in [4.78, 5) is 0. The normalized spacial score (nSPS) is 18.3. The van der Waals surface area contributed by atoms with E-state index in [0.717, 1.165) is 31.6 Å². The molecule has 0 unspecified atom stereocenters. The van der Waals surface area contributed by atoms with E-state index in [0.29, 0.717) is 5.92 Å². The number of hydrogen-bond acceptors (Lipinski definition) is 3. The standard InChI is InChI=1S/C11H14O3/c12-9-1-2-10(11(13)7-9)8-3-5-14-6-4-8/h1-2,7-8,12-13H,3-6H2. The highest BCUT2D eigenvalue weighted by Crippen LogP contribution is 2.34. The number of ether oxygens (including phenoxy) is 1.